The van der Waals surface area contributed by atoms with Gasteiger partial charge in [0.15, 0.2) is 0 Å². The molecule has 0 aromatic rings. The molecular weight excluding hydrogens is 242 g/mol. The highest BCUT2D eigenvalue weighted by molar-refractivity contribution is 5.93. The van der Waals surface area contributed by atoms with Gasteiger partial charge in [0.1, 0.15) is 5.54 Å². The fourth-order valence-electron chi connectivity index (χ4n) is 2.65. The molecule has 0 radical (unpaired) electrons. The van der Waals surface area contributed by atoms with Crippen molar-refractivity contribution in [3.63, 3.8) is 0 Å². The first-order chi connectivity index (χ1) is 8.89. The fraction of sp³-hybridized carbons (Fsp3) is 0.600. The van der Waals surface area contributed by atoms with Crippen molar-refractivity contribution in [1.82, 2.24) is 4.90 Å². The molecule has 0 bridgehead atoms. The summed E-state index contributed by atoms with van der Waals surface area (Å²) in [6.07, 6.45) is 2.56. The molecule has 1 aliphatic rings. The van der Waals surface area contributed by atoms with Crippen LogP contribution in [0.5, 0.6) is 0 Å². The van der Waals surface area contributed by atoms with E-state index in [0.29, 0.717) is 26.0 Å². The number of nitrogens with zero attached hydrogens (tertiary/aromatic N) is 1. The van der Waals surface area contributed by atoms with Crippen LogP contribution in [0.15, 0.2) is 24.8 Å². The Labute approximate surface area is 115 Å². The average molecular weight is 265 g/mol. The molecule has 1 heterocycles. The van der Waals surface area contributed by atoms with Crippen LogP contribution in [-0.2, 0) is 14.3 Å². The number of hydrogen-bond acceptors (Lipinski definition) is 3. The molecule has 1 amide bonds. The number of likely N-dealkylation sites (tertiary alicyclic amines) is 1. The molecule has 0 spiro atoms. The number of ether oxygens (including phenoxy) is 1. The van der Waals surface area contributed by atoms with E-state index in [2.05, 4.69) is 13.2 Å². The summed E-state index contributed by atoms with van der Waals surface area (Å²) in [6, 6.07) is 0. The van der Waals surface area contributed by atoms with Crippen molar-refractivity contribution in [3.05, 3.63) is 24.8 Å². The summed E-state index contributed by atoms with van der Waals surface area (Å²) in [5.74, 6) is -0.532. The quantitative estimate of drug-likeness (QED) is 0.547. The summed E-state index contributed by atoms with van der Waals surface area (Å²) in [5, 5.41) is 0. The predicted molar refractivity (Wildman–Crippen MR) is 74.5 cm³/mol. The van der Waals surface area contributed by atoms with E-state index in [1.165, 1.54) is 0 Å². The number of esters is 1. The SMILES string of the molecule is C=CC[C@@]1(C(=O)OCC)CC(C)C(=O)N1CC(=C)C. The third-order valence-electron chi connectivity index (χ3n) is 3.41. The van der Waals surface area contributed by atoms with Crippen molar-refractivity contribution in [1.29, 1.82) is 0 Å². The minimum Gasteiger partial charge on any atom is -0.464 e. The summed E-state index contributed by atoms with van der Waals surface area (Å²) in [4.78, 5) is 26.2. The Morgan fingerprint density at radius 3 is 2.74 bits per heavy atom. The molecule has 1 fully saturated rings. The van der Waals surface area contributed by atoms with Crippen LogP contribution in [0.4, 0.5) is 0 Å². The molecule has 1 unspecified atom stereocenters. The third-order valence-corrected chi connectivity index (χ3v) is 3.41. The molecule has 0 aromatic carbocycles. The van der Waals surface area contributed by atoms with E-state index in [4.69, 9.17) is 4.74 Å². The Bertz CT molecular complexity index is 402. The van der Waals surface area contributed by atoms with Crippen molar-refractivity contribution >= 4 is 11.9 Å². The molecule has 4 nitrogen and oxygen atoms in total. The minimum absolute atomic E-state index is 0.0158. The van der Waals surface area contributed by atoms with Crippen LogP contribution < -0.4 is 0 Å². The van der Waals surface area contributed by atoms with Gasteiger partial charge in [0, 0.05) is 12.5 Å². The van der Waals surface area contributed by atoms with Gasteiger partial charge in [0.25, 0.3) is 0 Å². The van der Waals surface area contributed by atoms with Crippen LogP contribution in [0.3, 0.4) is 0 Å². The van der Waals surface area contributed by atoms with Gasteiger partial charge in [-0.15, -0.1) is 6.58 Å². The van der Waals surface area contributed by atoms with Crippen molar-refractivity contribution in [2.24, 2.45) is 5.92 Å². The zero-order chi connectivity index (χ0) is 14.6. The first kappa shape index (κ1) is 15.5. The summed E-state index contributed by atoms with van der Waals surface area (Å²) < 4.78 is 5.18. The van der Waals surface area contributed by atoms with Gasteiger partial charge in [0.05, 0.1) is 6.61 Å². The van der Waals surface area contributed by atoms with Crippen molar-refractivity contribution in [2.75, 3.05) is 13.2 Å². The fourth-order valence-corrected chi connectivity index (χ4v) is 2.65. The largest absolute Gasteiger partial charge is 0.464 e. The highest BCUT2D eigenvalue weighted by atomic mass is 16.5. The Balaban J connectivity index is 3.17. The van der Waals surface area contributed by atoms with Crippen LogP contribution >= 0.6 is 0 Å². The number of hydrogen-bond donors (Lipinski definition) is 0. The lowest BCUT2D eigenvalue weighted by Crippen LogP contribution is -2.53. The first-order valence-corrected chi connectivity index (χ1v) is 6.63. The molecule has 0 aromatic heterocycles. The number of amides is 1. The Kier molecular flexibility index (Phi) is 4.92. The third kappa shape index (κ3) is 2.88. The van der Waals surface area contributed by atoms with E-state index < -0.39 is 5.54 Å². The standard InChI is InChI=1S/C15H23NO3/c1-6-8-15(14(18)19-7-2)9-12(5)13(17)16(15)10-11(3)4/h6,12H,1,3,7-10H2,2,4-5H3/t12?,15-/m0/s1. The number of carbonyl (C=O) groups is 2. The van der Waals surface area contributed by atoms with Crippen molar-refractivity contribution in [3.8, 4) is 0 Å². The first-order valence-electron chi connectivity index (χ1n) is 6.63. The summed E-state index contributed by atoms with van der Waals surface area (Å²) in [7, 11) is 0. The molecule has 0 aliphatic carbocycles. The van der Waals surface area contributed by atoms with E-state index in [0.717, 1.165) is 5.57 Å². The van der Waals surface area contributed by atoms with Gasteiger partial charge in [-0.3, -0.25) is 4.79 Å². The van der Waals surface area contributed by atoms with Crippen LogP contribution in [0, 0.1) is 5.92 Å². The maximum atomic E-state index is 12.3. The van der Waals surface area contributed by atoms with Gasteiger partial charge >= 0.3 is 5.97 Å². The van der Waals surface area contributed by atoms with Crippen LogP contribution in [0.1, 0.15) is 33.6 Å². The highest BCUT2D eigenvalue weighted by Crippen LogP contribution is 2.38. The molecular formula is C15H23NO3. The summed E-state index contributed by atoms with van der Waals surface area (Å²) in [6.45, 7) is 13.7. The molecule has 2 atom stereocenters. The zero-order valence-electron chi connectivity index (χ0n) is 12.1. The van der Waals surface area contributed by atoms with Crippen LogP contribution in [0.2, 0.25) is 0 Å². The highest BCUT2D eigenvalue weighted by Gasteiger charge is 2.54. The molecule has 1 rings (SSSR count). The molecule has 4 heteroatoms. The lowest BCUT2D eigenvalue weighted by Gasteiger charge is -2.35. The molecule has 1 aliphatic heterocycles. The smallest absolute Gasteiger partial charge is 0.332 e. The molecule has 19 heavy (non-hydrogen) atoms. The van der Waals surface area contributed by atoms with Gasteiger partial charge in [-0.2, -0.15) is 0 Å². The molecule has 0 N–H and O–H groups in total. The minimum atomic E-state index is -0.910. The lowest BCUT2D eigenvalue weighted by atomic mass is 9.89. The second-order valence-electron chi connectivity index (χ2n) is 5.23. The molecule has 1 saturated heterocycles. The van der Waals surface area contributed by atoms with E-state index in [-0.39, 0.29) is 17.8 Å². The topological polar surface area (TPSA) is 46.6 Å². The molecule has 0 saturated carbocycles. The number of carbonyl (C=O) groups excluding carboxylic acids is 2. The second-order valence-corrected chi connectivity index (χ2v) is 5.23. The van der Waals surface area contributed by atoms with Gasteiger partial charge < -0.3 is 9.64 Å². The monoisotopic (exact) mass is 265 g/mol. The maximum Gasteiger partial charge on any atom is 0.332 e. The summed E-state index contributed by atoms with van der Waals surface area (Å²) >= 11 is 0. The van der Waals surface area contributed by atoms with Gasteiger partial charge in [-0.25, -0.2) is 4.79 Å². The normalized spacial score (nSPS) is 26.4. The zero-order valence-corrected chi connectivity index (χ0v) is 12.1. The average Bonchev–Trinajstić information content (AvgIpc) is 2.55. The lowest BCUT2D eigenvalue weighted by molar-refractivity contribution is -0.159. The summed E-state index contributed by atoms with van der Waals surface area (Å²) in [5.41, 5.74) is -0.0621. The Morgan fingerprint density at radius 2 is 2.26 bits per heavy atom. The van der Waals surface area contributed by atoms with Gasteiger partial charge in [0.2, 0.25) is 5.91 Å². The second kappa shape index (κ2) is 6.04. The Hall–Kier alpha value is -1.58. The molecule has 106 valence electrons. The van der Waals surface area contributed by atoms with Crippen LogP contribution in [-0.4, -0.2) is 35.5 Å². The van der Waals surface area contributed by atoms with Gasteiger partial charge in [-0.1, -0.05) is 25.2 Å². The predicted octanol–water partition coefficient (Wildman–Crippen LogP) is 2.31. The van der Waals surface area contributed by atoms with E-state index in [1.54, 1.807) is 17.9 Å². The van der Waals surface area contributed by atoms with Crippen molar-refractivity contribution in [2.45, 2.75) is 39.2 Å². The maximum absolute atomic E-state index is 12.3. The van der Waals surface area contributed by atoms with Crippen LogP contribution in [0.25, 0.3) is 0 Å². The Morgan fingerprint density at radius 1 is 1.63 bits per heavy atom. The number of rotatable bonds is 6. The van der Waals surface area contributed by atoms with E-state index >= 15 is 0 Å². The van der Waals surface area contributed by atoms with E-state index in [9.17, 15) is 9.59 Å². The van der Waals surface area contributed by atoms with E-state index in [1.807, 2.05) is 13.8 Å². The van der Waals surface area contributed by atoms with Crippen molar-refractivity contribution < 1.29 is 14.3 Å². The van der Waals surface area contributed by atoms with Gasteiger partial charge in [-0.05, 0) is 26.7 Å².